The predicted molar refractivity (Wildman–Crippen MR) is 94.1 cm³/mol. The van der Waals surface area contributed by atoms with Crippen LogP contribution in [0, 0.1) is 13.8 Å². The van der Waals surface area contributed by atoms with Crippen molar-refractivity contribution in [3.8, 4) is 0 Å². The SMILES string of the molecule is C=C1c2cc(C)ccc2CN1c1ccc2c(c1)c(C)cn2C. The van der Waals surface area contributed by atoms with Crippen molar-refractivity contribution >= 4 is 22.3 Å². The number of nitrogens with zero attached hydrogens (tertiary/aromatic N) is 2. The highest BCUT2D eigenvalue weighted by molar-refractivity contribution is 5.91. The number of aryl methyl sites for hydroxylation is 3. The second kappa shape index (κ2) is 4.51. The van der Waals surface area contributed by atoms with Crippen LogP contribution >= 0.6 is 0 Å². The molecule has 0 fully saturated rings. The lowest BCUT2D eigenvalue weighted by Crippen LogP contribution is -2.12. The van der Waals surface area contributed by atoms with Gasteiger partial charge in [-0.05, 0) is 49.2 Å². The molecule has 0 amide bonds. The van der Waals surface area contributed by atoms with Crippen molar-refractivity contribution in [3.63, 3.8) is 0 Å². The maximum Gasteiger partial charge on any atom is 0.0488 e. The van der Waals surface area contributed by atoms with Crippen molar-refractivity contribution in [2.75, 3.05) is 4.90 Å². The van der Waals surface area contributed by atoms with E-state index in [0.717, 1.165) is 12.2 Å². The Bertz CT molecular complexity index is 915. The van der Waals surface area contributed by atoms with E-state index in [1.54, 1.807) is 0 Å². The van der Waals surface area contributed by atoms with Gasteiger partial charge in [0.1, 0.15) is 0 Å². The van der Waals surface area contributed by atoms with E-state index >= 15 is 0 Å². The van der Waals surface area contributed by atoms with Crippen LogP contribution in [0.3, 0.4) is 0 Å². The zero-order chi connectivity index (χ0) is 15.4. The molecule has 3 aromatic rings. The lowest BCUT2D eigenvalue weighted by atomic mass is 10.1. The Balaban J connectivity index is 1.80. The minimum Gasteiger partial charge on any atom is -0.350 e. The van der Waals surface area contributed by atoms with Crippen molar-refractivity contribution in [2.24, 2.45) is 7.05 Å². The van der Waals surface area contributed by atoms with E-state index in [-0.39, 0.29) is 0 Å². The summed E-state index contributed by atoms with van der Waals surface area (Å²) in [6, 6.07) is 13.3. The number of fused-ring (bicyclic) bond motifs is 2. The van der Waals surface area contributed by atoms with Gasteiger partial charge in [-0.15, -0.1) is 0 Å². The molecule has 4 rings (SSSR count). The molecule has 22 heavy (non-hydrogen) atoms. The van der Waals surface area contributed by atoms with Gasteiger partial charge in [-0.25, -0.2) is 0 Å². The molecule has 0 radical (unpaired) electrons. The van der Waals surface area contributed by atoms with Gasteiger partial charge in [0.05, 0.1) is 0 Å². The van der Waals surface area contributed by atoms with Crippen LogP contribution in [-0.2, 0) is 13.6 Å². The number of benzene rings is 2. The molecular weight excluding hydrogens is 268 g/mol. The monoisotopic (exact) mass is 288 g/mol. The van der Waals surface area contributed by atoms with Gasteiger partial charge < -0.3 is 9.47 Å². The van der Waals surface area contributed by atoms with Gasteiger partial charge in [0.25, 0.3) is 0 Å². The zero-order valence-corrected chi connectivity index (χ0v) is 13.4. The molecule has 2 heterocycles. The molecule has 2 heteroatoms. The van der Waals surface area contributed by atoms with Crippen LogP contribution in [-0.4, -0.2) is 4.57 Å². The van der Waals surface area contributed by atoms with Gasteiger partial charge in [0.2, 0.25) is 0 Å². The largest absolute Gasteiger partial charge is 0.350 e. The van der Waals surface area contributed by atoms with Crippen LogP contribution in [0.5, 0.6) is 0 Å². The third-order valence-electron chi connectivity index (χ3n) is 4.71. The Labute approximate surface area is 131 Å². The van der Waals surface area contributed by atoms with Crippen molar-refractivity contribution in [2.45, 2.75) is 20.4 Å². The van der Waals surface area contributed by atoms with Crippen molar-refractivity contribution < 1.29 is 0 Å². The van der Waals surface area contributed by atoms with Gasteiger partial charge in [-0.3, -0.25) is 0 Å². The zero-order valence-electron chi connectivity index (χ0n) is 13.4. The minimum atomic E-state index is 0.909. The molecule has 0 spiro atoms. The predicted octanol–water partition coefficient (Wildman–Crippen LogP) is 4.79. The molecule has 0 saturated carbocycles. The highest BCUT2D eigenvalue weighted by Gasteiger charge is 2.23. The fourth-order valence-electron chi connectivity index (χ4n) is 3.50. The second-order valence-electron chi connectivity index (χ2n) is 6.32. The molecule has 110 valence electrons. The molecule has 0 aliphatic carbocycles. The summed E-state index contributed by atoms with van der Waals surface area (Å²) in [4.78, 5) is 2.32. The average Bonchev–Trinajstić information content (AvgIpc) is 2.97. The number of hydrogen-bond acceptors (Lipinski definition) is 1. The lowest BCUT2D eigenvalue weighted by molar-refractivity contribution is 0.963. The van der Waals surface area contributed by atoms with E-state index in [2.05, 4.69) is 79.5 Å². The smallest absolute Gasteiger partial charge is 0.0488 e. The standard InChI is InChI=1S/C20H20N2/c1-13-5-6-16-12-22(15(3)19(16)9-13)17-7-8-20-18(10-17)14(2)11-21(20)4/h5-11H,3,12H2,1-2,4H3. The number of hydrogen-bond donors (Lipinski definition) is 0. The molecule has 0 saturated heterocycles. The van der Waals surface area contributed by atoms with Crippen molar-refractivity contribution in [1.82, 2.24) is 4.57 Å². The molecule has 0 N–H and O–H groups in total. The topological polar surface area (TPSA) is 8.17 Å². The van der Waals surface area contributed by atoms with Gasteiger partial charge in [0.15, 0.2) is 0 Å². The molecule has 2 aromatic carbocycles. The highest BCUT2D eigenvalue weighted by Crippen LogP contribution is 2.37. The summed E-state index contributed by atoms with van der Waals surface area (Å²) in [6.45, 7) is 9.54. The lowest BCUT2D eigenvalue weighted by Gasteiger charge is -2.20. The average molecular weight is 288 g/mol. The summed E-state index contributed by atoms with van der Waals surface area (Å²) in [5.41, 5.74) is 8.85. The first-order chi connectivity index (χ1) is 10.5. The van der Waals surface area contributed by atoms with Gasteiger partial charge >= 0.3 is 0 Å². The van der Waals surface area contributed by atoms with Crippen molar-refractivity contribution in [1.29, 1.82) is 0 Å². The van der Waals surface area contributed by atoms with E-state index in [0.29, 0.717) is 0 Å². The molecule has 2 nitrogen and oxygen atoms in total. The van der Waals surface area contributed by atoms with Crippen molar-refractivity contribution in [3.05, 3.63) is 71.4 Å². The summed E-state index contributed by atoms with van der Waals surface area (Å²) in [5.74, 6) is 0. The fourth-order valence-corrected chi connectivity index (χ4v) is 3.50. The summed E-state index contributed by atoms with van der Waals surface area (Å²) in [5, 5.41) is 1.32. The first-order valence-electron chi connectivity index (χ1n) is 7.66. The summed E-state index contributed by atoms with van der Waals surface area (Å²) >= 11 is 0. The van der Waals surface area contributed by atoms with Gasteiger partial charge in [0, 0.05) is 47.6 Å². The number of rotatable bonds is 1. The normalized spacial score (nSPS) is 14.0. The Hall–Kier alpha value is -2.48. The van der Waals surface area contributed by atoms with E-state index in [1.807, 2.05) is 0 Å². The maximum absolute atomic E-state index is 4.32. The van der Waals surface area contributed by atoms with E-state index < -0.39 is 0 Å². The third-order valence-corrected chi connectivity index (χ3v) is 4.71. The molecule has 0 atom stereocenters. The number of anilines is 1. The van der Waals surface area contributed by atoms with Gasteiger partial charge in [-0.1, -0.05) is 24.3 Å². The fraction of sp³-hybridized carbons (Fsp3) is 0.200. The number of aromatic nitrogens is 1. The van der Waals surface area contributed by atoms with Crippen LogP contribution < -0.4 is 4.90 Å². The molecule has 1 aliphatic heterocycles. The minimum absolute atomic E-state index is 0.909. The molecule has 0 unspecified atom stereocenters. The van der Waals surface area contributed by atoms with Crippen LogP contribution in [0.25, 0.3) is 16.6 Å². The Kier molecular flexibility index (Phi) is 2.70. The van der Waals surface area contributed by atoms with Gasteiger partial charge in [-0.2, -0.15) is 0 Å². The van der Waals surface area contributed by atoms with Crippen LogP contribution in [0.1, 0.15) is 22.3 Å². The Morgan fingerprint density at radius 2 is 1.86 bits per heavy atom. The van der Waals surface area contributed by atoms with E-state index in [1.165, 1.54) is 38.8 Å². The first-order valence-corrected chi connectivity index (χ1v) is 7.66. The van der Waals surface area contributed by atoms with E-state index in [9.17, 15) is 0 Å². The van der Waals surface area contributed by atoms with Crippen LogP contribution in [0.4, 0.5) is 5.69 Å². The molecule has 1 aromatic heterocycles. The molecular formula is C20H20N2. The Morgan fingerprint density at radius 3 is 2.68 bits per heavy atom. The van der Waals surface area contributed by atoms with E-state index in [4.69, 9.17) is 0 Å². The summed E-state index contributed by atoms with van der Waals surface area (Å²) < 4.78 is 2.19. The quantitative estimate of drug-likeness (QED) is 0.625. The molecule has 1 aliphatic rings. The van der Waals surface area contributed by atoms with Crippen LogP contribution in [0.15, 0.2) is 49.2 Å². The first kappa shape index (κ1) is 13.2. The third kappa shape index (κ3) is 1.80. The van der Waals surface area contributed by atoms with Crippen LogP contribution in [0.2, 0.25) is 0 Å². The Morgan fingerprint density at radius 1 is 1.05 bits per heavy atom. The second-order valence-corrected chi connectivity index (χ2v) is 6.32. The summed E-state index contributed by atoms with van der Waals surface area (Å²) in [7, 11) is 2.10. The molecule has 0 bridgehead atoms. The summed E-state index contributed by atoms with van der Waals surface area (Å²) in [6.07, 6.45) is 2.19. The maximum atomic E-state index is 4.32. The highest BCUT2D eigenvalue weighted by atomic mass is 15.2.